The molecule has 1 atom stereocenters. The Labute approximate surface area is 187 Å². The van der Waals surface area contributed by atoms with E-state index in [1.807, 2.05) is 56.3 Å². The summed E-state index contributed by atoms with van der Waals surface area (Å²) in [5.41, 5.74) is 3.48. The zero-order valence-electron chi connectivity index (χ0n) is 17.9. The van der Waals surface area contributed by atoms with Crippen molar-refractivity contribution in [2.75, 3.05) is 29.9 Å². The van der Waals surface area contributed by atoms with Gasteiger partial charge in [0.25, 0.3) is 5.91 Å². The summed E-state index contributed by atoms with van der Waals surface area (Å²) in [6.45, 7) is 5.19. The third-order valence-electron chi connectivity index (χ3n) is 5.74. The van der Waals surface area contributed by atoms with E-state index in [-0.39, 0.29) is 24.3 Å². The molecule has 2 aromatic carbocycles. The van der Waals surface area contributed by atoms with E-state index < -0.39 is 5.25 Å². The summed E-state index contributed by atoms with van der Waals surface area (Å²) in [6.07, 6.45) is 3.05. The van der Waals surface area contributed by atoms with Crippen molar-refractivity contribution in [3.05, 3.63) is 53.6 Å². The average molecular weight is 438 g/mol. The Morgan fingerprint density at radius 1 is 1.06 bits per heavy atom. The minimum Gasteiger partial charge on any atom is -0.341 e. The number of hydrogen-bond acceptors (Lipinski definition) is 4. The van der Waals surface area contributed by atoms with Gasteiger partial charge in [0.2, 0.25) is 11.8 Å². The Morgan fingerprint density at radius 2 is 1.81 bits per heavy atom. The normalized spacial score (nSPS) is 18.5. The highest BCUT2D eigenvalue weighted by Gasteiger charge is 2.41. The van der Waals surface area contributed by atoms with Crippen LogP contribution >= 0.6 is 11.8 Å². The molecule has 0 unspecified atom stereocenters. The van der Waals surface area contributed by atoms with E-state index in [0.717, 1.165) is 41.0 Å². The number of likely N-dealkylation sites (tertiary alicyclic amines) is 1. The van der Waals surface area contributed by atoms with Gasteiger partial charge in [0.15, 0.2) is 5.25 Å². The molecular formula is C24H27N3O3S. The fraction of sp³-hybridized carbons (Fsp3) is 0.375. The largest absolute Gasteiger partial charge is 0.341 e. The van der Waals surface area contributed by atoms with Gasteiger partial charge in [-0.1, -0.05) is 29.8 Å². The minimum atomic E-state index is -0.845. The Morgan fingerprint density at radius 3 is 2.55 bits per heavy atom. The summed E-state index contributed by atoms with van der Waals surface area (Å²) in [6, 6.07) is 13.3. The summed E-state index contributed by atoms with van der Waals surface area (Å²) < 4.78 is 0. The van der Waals surface area contributed by atoms with Crippen LogP contribution in [0.15, 0.2) is 47.4 Å². The van der Waals surface area contributed by atoms with Gasteiger partial charge >= 0.3 is 0 Å². The lowest BCUT2D eigenvalue weighted by molar-refractivity contribution is -0.135. The number of nitrogens with zero attached hydrogens (tertiary/aromatic N) is 2. The standard InChI is InChI=1S/C24H27N3O3S/c1-16-10-11-18(17(2)14-16)25-21(28)15-27-19-8-4-5-9-20(19)31-22(24(27)30)23(29)26-12-6-3-7-13-26/h4-5,8-11,14,22H,3,6-7,12-13,15H2,1-2H3,(H,25,28)/t22-/m0/s1. The number of carbonyl (C=O) groups excluding carboxylic acids is 3. The molecule has 1 saturated heterocycles. The van der Waals surface area contributed by atoms with Gasteiger partial charge in [-0.2, -0.15) is 0 Å². The van der Waals surface area contributed by atoms with E-state index in [9.17, 15) is 14.4 Å². The number of para-hydroxylation sites is 1. The van der Waals surface area contributed by atoms with Crippen molar-refractivity contribution in [1.29, 1.82) is 0 Å². The SMILES string of the molecule is Cc1ccc(NC(=O)CN2C(=O)[C@H](C(=O)N3CCCCC3)Sc3ccccc32)c(C)c1. The van der Waals surface area contributed by atoms with Crippen LogP contribution in [0, 0.1) is 13.8 Å². The number of carbonyl (C=O) groups is 3. The minimum absolute atomic E-state index is 0.131. The Balaban J connectivity index is 1.55. The van der Waals surface area contributed by atoms with Gasteiger partial charge in [-0.15, -0.1) is 11.8 Å². The topological polar surface area (TPSA) is 69.7 Å². The molecule has 4 rings (SSSR count). The fourth-order valence-electron chi connectivity index (χ4n) is 4.10. The number of piperidine rings is 1. The molecule has 3 amide bonds. The molecule has 2 aliphatic heterocycles. The van der Waals surface area contributed by atoms with Gasteiger partial charge in [0.1, 0.15) is 6.54 Å². The van der Waals surface area contributed by atoms with Crippen LogP contribution in [0.25, 0.3) is 0 Å². The predicted octanol–water partition coefficient (Wildman–Crippen LogP) is 3.76. The molecule has 162 valence electrons. The molecule has 0 bridgehead atoms. The Bertz CT molecular complexity index is 1020. The first kappa shape index (κ1) is 21.4. The maximum atomic E-state index is 13.3. The van der Waals surface area contributed by atoms with E-state index >= 15 is 0 Å². The number of anilines is 2. The number of rotatable bonds is 4. The van der Waals surface area contributed by atoms with Gasteiger partial charge < -0.3 is 15.1 Å². The number of benzene rings is 2. The van der Waals surface area contributed by atoms with Crippen molar-refractivity contribution < 1.29 is 14.4 Å². The molecule has 7 heteroatoms. The molecule has 2 aliphatic rings. The zero-order chi connectivity index (χ0) is 22.0. The molecule has 2 heterocycles. The lowest BCUT2D eigenvalue weighted by Crippen LogP contribution is -2.52. The summed E-state index contributed by atoms with van der Waals surface area (Å²) >= 11 is 1.29. The fourth-order valence-corrected chi connectivity index (χ4v) is 5.29. The molecule has 0 spiro atoms. The monoisotopic (exact) mass is 437 g/mol. The Hall–Kier alpha value is -2.80. The Kier molecular flexibility index (Phi) is 6.32. The summed E-state index contributed by atoms with van der Waals surface area (Å²) in [5, 5.41) is 2.06. The molecular weight excluding hydrogens is 410 g/mol. The van der Waals surface area contributed by atoms with E-state index in [1.54, 1.807) is 4.90 Å². The number of thioether (sulfide) groups is 1. The number of hydrogen-bond donors (Lipinski definition) is 1. The molecule has 1 N–H and O–H groups in total. The highest BCUT2D eigenvalue weighted by Crippen LogP contribution is 2.40. The lowest BCUT2D eigenvalue weighted by atomic mass is 10.1. The number of aryl methyl sites for hydroxylation is 2. The second-order valence-electron chi connectivity index (χ2n) is 8.14. The van der Waals surface area contributed by atoms with E-state index in [1.165, 1.54) is 16.7 Å². The highest BCUT2D eigenvalue weighted by atomic mass is 32.2. The first-order chi connectivity index (χ1) is 14.9. The first-order valence-corrected chi connectivity index (χ1v) is 11.5. The van der Waals surface area contributed by atoms with Crippen molar-refractivity contribution in [2.45, 2.75) is 43.3 Å². The predicted molar refractivity (Wildman–Crippen MR) is 123 cm³/mol. The van der Waals surface area contributed by atoms with E-state index in [2.05, 4.69) is 5.32 Å². The number of nitrogens with one attached hydrogen (secondary N) is 1. The average Bonchev–Trinajstić information content (AvgIpc) is 2.77. The molecule has 1 fully saturated rings. The molecule has 0 aliphatic carbocycles. The molecule has 0 saturated carbocycles. The second kappa shape index (κ2) is 9.14. The summed E-state index contributed by atoms with van der Waals surface area (Å²) in [5.74, 6) is -0.759. The lowest BCUT2D eigenvalue weighted by Gasteiger charge is -2.36. The van der Waals surface area contributed by atoms with E-state index in [4.69, 9.17) is 0 Å². The third-order valence-corrected chi connectivity index (χ3v) is 6.98. The molecule has 0 aromatic heterocycles. The van der Waals surface area contributed by atoms with Crippen molar-refractivity contribution >= 4 is 40.9 Å². The first-order valence-electron chi connectivity index (χ1n) is 10.7. The van der Waals surface area contributed by atoms with Crippen LogP contribution in [0.3, 0.4) is 0 Å². The second-order valence-corrected chi connectivity index (χ2v) is 9.29. The van der Waals surface area contributed by atoms with Crippen molar-refractivity contribution in [1.82, 2.24) is 4.90 Å². The van der Waals surface area contributed by atoms with Crippen LogP contribution in [0.4, 0.5) is 11.4 Å². The van der Waals surface area contributed by atoms with Crippen molar-refractivity contribution in [2.24, 2.45) is 0 Å². The molecule has 0 radical (unpaired) electrons. The van der Waals surface area contributed by atoms with Crippen molar-refractivity contribution in [3.8, 4) is 0 Å². The van der Waals surface area contributed by atoms with Gasteiger partial charge in [-0.25, -0.2) is 0 Å². The van der Waals surface area contributed by atoms with Crippen LogP contribution in [0.1, 0.15) is 30.4 Å². The van der Waals surface area contributed by atoms with Gasteiger partial charge in [-0.3, -0.25) is 14.4 Å². The van der Waals surface area contributed by atoms with Gasteiger partial charge in [0.05, 0.1) is 5.69 Å². The smallest absolute Gasteiger partial charge is 0.250 e. The van der Waals surface area contributed by atoms with Crippen molar-refractivity contribution in [3.63, 3.8) is 0 Å². The summed E-state index contributed by atoms with van der Waals surface area (Å²) in [7, 11) is 0. The van der Waals surface area contributed by atoms with Crippen LogP contribution in [0.5, 0.6) is 0 Å². The van der Waals surface area contributed by atoms with Crippen LogP contribution < -0.4 is 10.2 Å². The third kappa shape index (κ3) is 4.61. The zero-order valence-corrected chi connectivity index (χ0v) is 18.7. The van der Waals surface area contributed by atoms with Crippen LogP contribution in [-0.2, 0) is 14.4 Å². The van der Waals surface area contributed by atoms with Gasteiger partial charge in [0, 0.05) is 23.7 Å². The van der Waals surface area contributed by atoms with E-state index in [0.29, 0.717) is 18.8 Å². The van der Waals surface area contributed by atoms with Gasteiger partial charge in [-0.05, 0) is 56.9 Å². The van der Waals surface area contributed by atoms with Crippen LogP contribution in [-0.4, -0.2) is 47.5 Å². The summed E-state index contributed by atoms with van der Waals surface area (Å²) in [4.78, 5) is 43.4. The molecule has 6 nitrogen and oxygen atoms in total. The maximum Gasteiger partial charge on any atom is 0.250 e. The molecule has 31 heavy (non-hydrogen) atoms. The maximum absolute atomic E-state index is 13.3. The molecule has 2 aromatic rings. The number of fused-ring (bicyclic) bond motifs is 1. The quantitative estimate of drug-likeness (QED) is 0.740. The number of amides is 3. The van der Waals surface area contributed by atoms with Crippen LogP contribution in [0.2, 0.25) is 0 Å². The highest BCUT2D eigenvalue weighted by molar-refractivity contribution is 8.01.